The molecule has 1 aliphatic carbocycles. The Morgan fingerprint density at radius 1 is 1.35 bits per heavy atom. The van der Waals surface area contributed by atoms with Gasteiger partial charge in [-0.3, -0.25) is 10.2 Å². The number of nitrogens with one attached hydrogen (secondary N) is 2. The molecular formula is C20H33N4O2+. The molecule has 0 radical (unpaired) electrons. The molecule has 4 N–H and O–H groups in total. The molecule has 0 unspecified atom stereocenters. The summed E-state index contributed by atoms with van der Waals surface area (Å²) in [5.41, 5.74) is 2.48. The molecule has 0 saturated heterocycles. The minimum atomic E-state index is -0.148. The monoisotopic (exact) mass is 361 g/mol. The second-order valence-corrected chi connectivity index (χ2v) is 7.24. The van der Waals surface area contributed by atoms with E-state index < -0.39 is 0 Å². The number of unbranched alkanes of at least 4 members (excludes halogenated alkanes) is 2. The van der Waals surface area contributed by atoms with Crippen molar-refractivity contribution in [1.82, 2.24) is 15.3 Å². The molecule has 0 aliphatic heterocycles. The molecule has 1 heterocycles. The molecule has 1 aromatic rings. The molecule has 0 atom stereocenters. The van der Waals surface area contributed by atoms with Crippen LogP contribution in [0.3, 0.4) is 0 Å². The molecule has 0 bridgehead atoms. The summed E-state index contributed by atoms with van der Waals surface area (Å²) < 4.78 is 5.93. The lowest BCUT2D eigenvalue weighted by Gasteiger charge is -2.29. The van der Waals surface area contributed by atoms with Crippen LogP contribution in [-0.4, -0.2) is 40.3 Å². The first kappa shape index (κ1) is 20.4. The van der Waals surface area contributed by atoms with Crippen LogP contribution in [0.2, 0.25) is 0 Å². The number of H-pyrrole nitrogens is 1. The molecular weight excluding hydrogens is 328 g/mol. The summed E-state index contributed by atoms with van der Waals surface area (Å²) in [6.45, 7) is 6.83. The largest absolute Gasteiger partial charge is 0.378 e. The number of nitrogens with zero attached hydrogens (tertiary/aromatic N) is 1. The third-order valence-electron chi connectivity index (χ3n) is 4.77. The number of allylic oxidation sites excluding steroid dienone is 2. The zero-order chi connectivity index (χ0) is 18.9. The van der Waals surface area contributed by atoms with E-state index in [0.29, 0.717) is 11.9 Å². The van der Waals surface area contributed by atoms with Gasteiger partial charge < -0.3 is 15.0 Å². The van der Waals surface area contributed by atoms with E-state index in [1.54, 1.807) is 6.20 Å². The van der Waals surface area contributed by atoms with Crippen molar-refractivity contribution in [3.05, 3.63) is 23.8 Å². The minimum absolute atomic E-state index is 0.148. The Morgan fingerprint density at radius 2 is 2.08 bits per heavy atom. The maximum Gasteiger partial charge on any atom is 0.287 e. The Hall–Kier alpha value is -1.95. The first-order valence-electron chi connectivity index (χ1n) is 9.74. The highest BCUT2D eigenvalue weighted by Crippen LogP contribution is 2.22. The number of ether oxygens (including phenoxy) is 1. The van der Waals surface area contributed by atoms with Crippen molar-refractivity contribution in [2.24, 2.45) is 0 Å². The van der Waals surface area contributed by atoms with Crippen LogP contribution in [0, 0.1) is 0 Å². The average molecular weight is 362 g/mol. The Kier molecular flexibility index (Phi) is 8.04. The van der Waals surface area contributed by atoms with Crippen LogP contribution in [0.1, 0.15) is 82.0 Å². The van der Waals surface area contributed by atoms with Gasteiger partial charge >= 0.3 is 0 Å². The van der Waals surface area contributed by atoms with Gasteiger partial charge in [0, 0.05) is 25.6 Å². The molecule has 1 aliphatic rings. The van der Waals surface area contributed by atoms with E-state index >= 15 is 0 Å². The van der Waals surface area contributed by atoms with E-state index in [9.17, 15) is 4.79 Å². The number of imidazole rings is 1. The summed E-state index contributed by atoms with van der Waals surface area (Å²) in [5, 5.41) is 8.78. The van der Waals surface area contributed by atoms with Gasteiger partial charge in [-0.25, -0.2) is 4.98 Å². The zero-order valence-electron chi connectivity index (χ0n) is 16.3. The minimum Gasteiger partial charge on any atom is -0.378 e. The maximum atomic E-state index is 12.4. The summed E-state index contributed by atoms with van der Waals surface area (Å²) >= 11 is 0. The van der Waals surface area contributed by atoms with E-state index in [0.717, 1.165) is 55.7 Å². The van der Waals surface area contributed by atoms with Crippen LogP contribution >= 0.6 is 0 Å². The molecule has 2 rings (SSSR count). The molecule has 6 heteroatoms. The number of amides is 1. The van der Waals surface area contributed by atoms with Gasteiger partial charge in [-0.2, -0.15) is 0 Å². The highest BCUT2D eigenvalue weighted by Gasteiger charge is 2.24. The van der Waals surface area contributed by atoms with Crippen molar-refractivity contribution in [1.29, 1.82) is 0 Å². The quantitative estimate of drug-likeness (QED) is 0.465. The molecule has 1 aromatic heterocycles. The van der Waals surface area contributed by atoms with Crippen LogP contribution in [0.25, 0.3) is 5.57 Å². The Balaban J connectivity index is 1.77. The van der Waals surface area contributed by atoms with Crippen molar-refractivity contribution in [2.75, 3.05) is 6.61 Å². The van der Waals surface area contributed by atoms with Crippen LogP contribution in [0.15, 0.2) is 12.3 Å². The number of aromatic nitrogens is 2. The van der Waals surface area contributed by atoms with Crippen LogP contribution in [-0.2, 0) is 4.74 Å². The molecule has 6 nitrogen and oxygen atoms in total. The van der Waals surface area contributed by atoms with Crippen molar-refractivity contribution >= 4 is 17.2 Å². The van der Waals surface area contributed by atoms with Crippen LogP contribution < -0.4 is 10.7 Å². The number of nitrogens with two attached hydrogens (primary N) is 1. The van der Waals surface area contributed by atoms with Gasteiger partial charge in [0.2, 0.25) is 0 Å². The van der Waals surface area contributed by atoms with Gasteiger partial charge in [-0.15, -0.1) is 0 Å². The summed E-state index contributed by atoms with van der Waals surface area (Å²) in [6, 6.07) is 0.197. The van der Waals surface area contributed by atoms with E-state index in [2.05, 4.69) is 22.2 Å². The molecule has 1 amide bonds. The maximum absolute atomic E-state index is 12.4. The first-order valence-corrected chi connectivity index (χ1v) is 9.74. The van der Waals surface area contributed by atoms with Gasteiger partial charge in [0.25, 0.3) is 5.91 Å². The fourth-order valence-corrected chi connectivity index (χ4v) is 3.29. The number of hydrogen-bond acceptors (Lipinski definition) is 3. The average Bonchev–Trinajstić information content (AvgIpc) is 3.10. The molecule has 1 fully saturated rings. The Morgan fingerprint density at radius 3 is 2.73 bits per heavy atom. The fourth-order valence-electron chi connectivity index (χ4n) is 3.29. The van der Waals surface area contributed by atoms with Crippen LogP contribution in [0.4, 0.5) is 0 Å². The van der Waals surface area contributed by atoms with Crippen molar-refractivity contribution < 1.29 is 14.9 Å². The van der Waals surface area contributed by atoms with Gasteiger partial charge in [-0.1, -0.05) is 19.8 Å². The summed E-state index contributed by atoms with van der Waals surface area (Å²) in [6.07, 6.45) is 11.4. The second-order valence-electron chi connectivity index (χ2n) is 7.24. The SMILES string of the molecule is CCCCCOC1CCC(NC(=O)c2ncc(/C(C)=C\C(C)=[NH2+])[nH]2)CC1. The summed E-state index contributed by atoms with van der Waals surface area (Å²) in [7, 11) is 0. The number of aromatic amines is 1. The lowest BCUT2D eigenvalue weighted by molar-refractivity contribution is -0.112. The Bertz CT molecular complexity index is 628. The van der Waals surface area contributed by atoms with Crippen molar-refractivity contribution in [3.8, 4) is 0 Å². The predicted molar refractivity (Wildman–Crippen MR) is 104 cm³/mol. The molecule has 144 valence electrons. The van der Waals surface area contributed by atoms with Gasteiger partial charge in [0.15, 0.2) is 11.5 Å². The highest BCUT2D eigenvalue weighted by atomic mass is 16.5. The number of rotatable bonds is 9. The van der Waals surface area contributed by atoms with E-state index in [4.69, 9.17) is 10.1 Å². The normalized spacial score (nSPS) is 20.8. The molecule has 1 saturated carbocycles. The molecule has 0 spiro atoms. The van der Waals surface area contributed by atoms with Gasteiger partial charge in [0.05, 0.1) is 18.0 Å². The number of hydrogen-bond donors (Lipinski definition) is 3. The van der Waals surface area contributed by atoms with E-state index in [-0.39, 0.29) is 11.9 Å². The first-order chi connectivity index (χ1) is 12.5. The number of carbonyl (C=O) groups is 1. The topological polar surface area (TPSA) is 92.6 Å². The Labute approximate surface area is 156 Å². The van der Waals surface area contributed by atoms with E-state index in [1.165, 1.54) is 12.8 Å². The molecule has 26 heavy (non-hydrogen) atoms. The van der Waals surface area contributed by atoms with Gasteiger partial charge in [-0.05, 0) is 44.6 Å². The van der Waals surface area contributed by atoms with Crippen LogP contribution in [0.5, 0.6) is 0 Å². The predicted octanol–water partition coefficient (Wildman–Crippen LogP) is 2.28. The summed E-state index contributed by atoms with van der Waals surface area (Å²) in [4.78, 5) is 19.7. The lowest BCUT2D eigenvalue weighted by Crippen LogP contribution is -2.39. The van der Waals surface area contributed by atoms with Crippen molar-refractivity contribution in [2.45, 2.75) is 77.9 Å². The smallest absolute Gasteiger partial charge is 0.287 e. The lowest BCUT2D eigenvalue weighted by atomic mass is 9.93. The molecule has 0 aromatic carbocycles. The standard InChI is InChI=1S/C20H32N4O2/c1-4-5-6-11-26-17-9-7-16(8-10-17)23-20(25)19-22-13-18(24-19)14(2)12-15(3)21/h12-13,16-17,21H,4-11H2,1-3H3,(H,22,24)(H,23,25)/p+1/b14-12-,21-15?. The fraction of sp³-hybridized carbons (Fsp3) is 0.650. The second kappa shape index (κ2) is 10.3. The third-order valence-corrected chi connectivity index (χ3v) is 4.77. The zero-order valence-corrected chi connectivity index (χ0v) is 16.3. The van der Waals surface area contributed by atoms with Crippen molar-refractivity contribution in [3.63, 3.8) is 0 Å². The van der Waals surface area contributed by atoms with Gasteiger partial charge in [0.1, 0.15) is 0 Å². The van der Waals surface area contributed by atoms with E-state index in [1.807, 2.05) is 19.9 Å². The third kappa shape index (κ3) is 6.41. The number of carbonyl (C=O) groups excluding carboxylic acids is 1. The summed E-state index contributed by atoms with van der Waals surface area (Å²) in [5.74, 6) is 0.199. The highest BCUT2D eigenvalue weighted by molar-refractivity contribution is 5.95.